The van der Waals surface area contributed by atoms with Crippen molar-refractivity contribution in [2.45, 2.75) is 23.5 Å². The minimum absolute atomic E-state index is 0.628. The van der Waals surface area contributed by atoms with E-state index in [1.165, 1.54) is 16.4 Å². The van der Waals surface area contributed by atoms with Crippen LogP contribution < -0.4 is 0 Å². The number of aromatic nitrogens is 7. The van der Waals surface area contributed by atoms with Gasteiger partial charge in [0.15, 0.2) is 10.8 Å². The van der Waals surface area contributed by atoms with Gasteiger partial charge in [0.05, 0.1) is 0 Å². The molecule has 0 unspecified atom stereocenters. The second-order valence-corrected chi connectivity index (χ2v) is 4.38. The van der Waals surface area contributed by atoms with Crippen LogP contribution in [0.3, 0.4) is 0 Å². The average Bonchev–Trinajstić information content (AvgIpc) is 2.96. The molecule has 3 aromatic rings. The Morgan fingerprint density at radius 1 is 1.41 bits per heavy atom. The first-order chi connectivity index (χ1) is 8.35. The van der Waals surface area contributed by atoms with Crippen molar-refractivity contribution in [3.05, 3.63) is 24.0 Å². The smallest absolute Gasteiger partial charge is 0.200 e. The van der Waals surface area contributed by atoms with Crippen molar-refractivity contribution in [2.75, 3.05) is 0 Å². The molecule has 0 saturated heterocycles. The lowest BCUT2D eigenvalue weighted by molar-refractivity contribution is 0.702. The lowest BCUT2D eigenvalue weighted by Crippen LogP contribution is -1.95. The third kappa shape index (κ3) is 1.98. The molecular formula is C9H9N7S. The van der Waals surface area contributed by atoms with Gasteiger partial charge in [-0.3, -0.25) is 0 Å². The van der Waals surface area contributed by atoms with Crippen LogP contribution in [0.2, 0.25) is 0 Å². The number of imidazole rings is 1. The minimum atomic E-state index is 0.628. The monoisotopic (exact) mass is 247 g/mol. The highest BCUT2D eigenvalue weighted by atomic mass is 32.2. The number of hydrogen-bond donors (Lipinski definition) is 1. The number of hydrogen-bond acceptors (Lipinski definition) is 6. The van der Waals surface area contributed by atoms with Crippen molar-refractivity contribution >= 4 is 17.4 Å². The molecule has 3 heterocycles. The summed E-state index contributed by atoms with van der Waals surface area (Å²) in [6.45, 7) is 2.08. The number of rotatable bonds is 3. The van der Waals surface area contributed by atoms with Crippen molar-refractivity contribution in [1.29, 1.82) is 0 Å². The normalized spacial score (nSPS) is 11.1. The van der Waals surface area contributed by atoms with E-state index in [1.807, 2.05) is 18.3 Å². The minimum Gasteiger partial charge on any atom is -0.337 e. The van der Waals surface area contributed by atoms with Gasteiger partial charge < -0.3 is 4.98 Å². The molecule has 0 atom stereocenters. The van der Waals surface area contributed by atoms with Gasteiger partial charge in [-0.15, -0.1) is 14.8 Å². The maximum absolute atomic E-state index is 4.26. The van der Waals surface area contributed by atoms with Gasteiger partial charge >= 0.3 is 0 Å². The van der Waals surface area contributed by atoms with Gasteiger partial charge in [0.1, 0.15) is 5.03 Å². The molecule has 0 amide bonds. The summed E-state index contributed by atoms with van der Waals surface area (Å²) in [5.41, 5.74) is 1.74. The van der Waals surface area contributed by atoms with Gasteiger partial charge in [-0.2, -0.15) is 0 Å². The second kappa shape index (κ2) is 4.13. The van der Waals surface area contributed by atoms with E-state index >= 15 is 0 Å². The van der Waals surface area contributed by atoms with Gasteiger partial charge in [-0.1, -0.05) is 6.92 Å². The standard InChI is InChI=1S/C9H9N7S/c1-2-6-5-10-9(11-6)17-8-4-3-7-12-14-15-16(7)13-8/h3-5H,2H2,1H3,(H,10,11). The topological polar surface area (TPSA) is 84.7 Å². The van der Waals surface area contributed by atoms with Crippen molar-refractivity contribution in [2.24, 2.45) is 0 Å². The van der Waals surface area contributed by atoms with Gasteiger partial charge in [0.2, 0.25) is 0 Å². The zero-order chi connectivity index (χ0) is 11.7. The molecule has 17 heavy (non-hydrogen) atoms. The van der Waals surface area contributed by atoms with Crippen LogP contribution in [0.1, 0.15) is 12.6 Å². The van der Waals surface area contributed by atoms with Crippen molar-refractivity contribution in [1.82, 2.24) is 35.2 Å². The SMILES string of the molecule is CCc1cnc(Sc2ccc3nnnn3n2)[nH]1. The molecule has 0 fully saturated rings. The molecule has 0 aliphatic rings. The molecule has 0 saturated carbocycles. The fraction of sp³-hybridized carbons (Fsp3) is 0.222. The second-order valence-electron chi connectivity index (χ2n) is 3.37. The molecular weight excluding hydrogens is 238 g/mol. The van der Waals surface area contributed by atoms with E-state index in [0.717, 1.165) is 22.3 Å². The fourth-order valence-electron chi connectivity index (χ4n) is 1.36. The highest BCUT2D eigenvalue weighted by molar-refractivity contribution is 7.99. The Hall–Kier alpha value is -1.96. The molecule has 0 aliphatic heterocycles. The van der Waals surface area contributed by atoms with E-state index in [0.29, 0.717) is 5.65 Å². The number of aromatic amines is 1. The van der Waals surface area contributed by atoms with E-state index in [-0.39, 0.29) is 0 Å². The Labute approximate surface area is 101 Å². The van der Waals surface area contributed by atoms with Gasteiger partial charge in [0, 0.05) is 11.9 Å². The summed E-state index contributed by atoms with van der Waals surface area (Å²) in [5.74, 6) is 0. The third-order valence-corrected chi connectivity index (χ3v) is 3.06. The van der Waals surface area contributed by atoms with Crippen molar-refractivity contribution in [3.63, 3.8) is 0 Å². The molecule has 8 heteroatoms. The molecule has 0 spiro atoms. The summed E-state index contributed by atoms with van der Waals surface area (Å²) >= 11 is 1.45. The van der Waals surface area contributed by atoms with Crippen LogP contribution in [0, 0.1) is 0 Å². The molecule has 1 N–H and O–H groups in total. The highest BCUT2D eigenvalue weighted by Crippen LogP contribution is 2.22. The van der Waals surface area contributed by atoms with Crippen LogP contribution in [0.25, 0.3) is 5.65 Å². The summed E-state index contributed by atoms with van der Waals surface area (Å²) in [6.07, 6.45) is 2.77. The lowest BCUT2D eigenvalue weighted by atomic mass is 10.4. The van der Waals surface area contributed by atoms with Crippen molar-refractivity contribution < 1.29 is 0 Å². The van der Waals surface area contributed by atoms with Gasteiger partial charge in [-0.05, 0) is 40.7 Å². The number of tetrazole rings is 1. The number of nitrogens with one attached hydrogen (secondary N) is 1. The number of fused-ring (bicyclic) bond motifs is 1. The molecule has 3 rings (SSSR count). The van der Waals surface area contributed by atoms with Crippen LogP contribution in [-0.2, 0) is 6.42 Å². The van der Waals surface area contributed by atoms with Crippen LogP contribution in [0.15, 0.2) is 28.5 Å². The highest BCUT2D eigenvalue weighted by Gasteiger charge is 2.05. The molecule has 0 bridgehead atoms. The van der Waals surface area contributed by atoms with E-state index in [2.05, 4.69) is 37.5 Å². The molecule has 86 valence electrons. The molecule has 0 aliphatic carbocycles. The quantitative estimate of drug-likeness (QED) is 0.742. The summed E-state index contributed by atoms with van der Waals surface area (Å²) in [6, 6.07) is 3.68. The van der Waals surface area contributed by atoms with E-state index in [1.54, 1.807) is 0 Å². The zero-order valence-electron chi connectivity index (χ0n) is 9.03. The van der Waals surface area contributed by atoms with Gasteiger partial charge in [-0.25, -0.2) is 4.98 Å². The Morgan fingerprint density at radius 3 is 3.18 bits per heavy atom. The van der Waals surface area contributed by atoms with Crippen molar-refractivity contribution in [3.8, 4) is 0 Å². The lowest BCUT2D eigenvalue weighted by Gasteiger charge is -1.96. The first-order valence-corrected chi connectivity index (χ1v) is 5.94. The van der Waals surface area contributed by atoms with Crippen LogP contribution in [0.5, 0.6) is 0 Å². The first-order valence-electron chi connectivity index (χ1n) is 5.12. The number of aryl methyl sites for hydroxylation is 1. The Morgan fingerprint density at radius 2 is 2.35 bits per heavy atom. The third-order valence-electron chi connectivity index (χ3n) is 2.23. The van der Waals surface area contributed by atoms with E-state index in [9.17, 15) is 0 Å². The van der Waals surface area contributed by atoms with E-state index < -0.39 is 0 Å². The molecule has 7 nitrogen and oxygen atoms in total. The Balaban J connectivity index is 1.88. The predicted molar refractivity (Wildman–Crippen MR) is 60.7 cm³/mol. The van der Waals surface area contributed by atoms with Crippen LogP contribution >= 0.6 is 11.8 Å². The predicted octanol–water partition coefficient (Wildman–Crippen LogP) is 0.956. The molecule has 3 aromatic heterocycles. The van der Waals surface area contributed by atoms with Gasteiger partial charge in [0.25, 0.3) is 0 Å². The Kier molecular flexibility index (Phi) is 2.48. The zero-order valence-corrected chi connectivity index (χ0v) is 9.85. The molecule has 0 radical (unpaired) electrons. The van der Waals surface area contributed by atoms with E-state index in [4.69, 9.17) is 0 Å². The fourth-order valence-corrected chi connectivity index (χ4v) is 2.10. The maximum atomic E-state index is 4.26. The number of H-pyrrole nitrogens is 1. The average molecular weight is 247 g/mol. The summed E-state index contributed by atoms with van der Waals surface area (Å²) < 4.78 is 1.39. The number of nitrogens with zero attached hydrogens (tertiary/aromatic N) is 6. The first kappa shape index (κ1) is 10.2. The van der Waals surface area contributed by atoms with Crippen LogP contribution in [0.4, 0.5) is 0 Å². The molecule has 0 aromatic carbocycles. The Bertz CT molecular complexity index is 643. The summed E-state index contributed by atoms with van der Waals surface area (Å²) in [7, 11) is 0. The summed E-state index contributed by atoms with van der Waals surface area (Å²) in [4.78, 5) is 7.46. The largest absolute Gasteiger partial charge is 0.337 e. The summed E-state index contributed by atoms with van der Waals surface area (Å²) in [5, 5.41) is 16.9. The van der Waals surface area contributed by atoms with Crippen LogP contribution in [-0.4, -0.2) is 35.2 Å². The maximum Gasteiger partial charge on any atom is 0.200 e.